The molecule has 2 aromatic carbocycles. The molecule has 0 amide bonds. The minimum absolute atomic E-state index is 0.280. The second kappa shape index (κ2) is 5.28. The lowest BCUT2D eigenvalue weighted by atomic mass is 10.0. The third-order valence-corrected chi connectivity index (χ3v) is 4.72. The van der Waals surface area contributed by atoms with Crippen LogP contribution in [0.1, 0.15) is 17.2 Å². The van der Waals surface area contributed by atoms with Gasteiger partial charge in [0, 0.05) is 27.0 Å². The SMILES string of the molecule is CSc1ccc(C2Cc3c(Cl)cc(Cl)cc3N2)cc1. The summed E-state index contributed by atoms with van der Waals surface area (Å²) < 4.78 is 0. The molecule has 0 fully saturated rings. The monoisotopic (exact) mass is 309 g/mol. The van der Waals surface area contributed by atoms with Gasteiger partial charge in [-0.3, -0.25) is 0 Å². The molecule has 0 bridgehead atoms. The van der Waals surface area contributed by atoms with Crippen molar-refractivity contribution in [3.63, 3.8) is 0 Å². The fourth-order valence-corrected chi connectivity index (χ4v) is 3.40. The minimum atomic E-state index is 0.280. The highest BCUT2D eigenvalue weighted by atomic mass is 35.5. The van der Waals surface area contributed by atoms with Crippen LogP contribution in [0.25, 0.3) is 0 Å². The third kappa shape index (κ3) is 2.58. The van der Waals surface area contributed by atoms with E-state index in [2.05, 4.69) is 35.8 Å². The number of thioether (sulfide) groups is 1. The average molecular weight is 310 g/mol. The second-order valence-corrected chi connectivity index (χ2v) is 6.31. The van der Waals surface area contributed by atoms with E-state index in [1.165, 1.54) is 10.5 Å². The van der Waals surface area contributed by atoms with Crippen molar-refractivity contribution >= 4 is 40.7 Å². The van der Waals surface area contributed by atoms with Gasteiger partial charge in [0.1, 0.15) is 0 Å². The lowest BCUT2D eigenvalue weighted by Gasteiger charge is -2.12. The summed E-state index contributed by atoms with van der Waals surface area (Å²) in [5.74, 6) is 0. The fourth-order valence-electron chi connectivity index (χ4n) is 2.42. The van der Waals surface area contributed by atoms with E-state index >= 15 is 0 Å². The number of anilines is 1. The summed E-state index contributed by atoms with van der Waals surface area (Å²) >= 11 is 14.0. The Bertz CT molecular complexity index is 610. The molecule has 1 N–H and O–H groups in total. The number of hydrogen-bond donors (Lipinski definition) is 1. The van der Waals surface area contributed by atoms with Gasteiger partial charge < -0.3 is 5.32 Å². The highest BCUT2D eigenvalue weighted by Gasteiger charge is 2.24. The summed E-state index contributed by atoms with van der Waals surface area (Å²) in [4.78, 5) is 1.28. The highest BCUT2D eigenvalue weighted by molar-refractivity contribution is 7.98. The van der Waals surface area contributed by atoms with Crippen molar-refractivity contribution in [2.75, 3.05) is 11.6 Å². The summed E-state index contributed by atoms with van der Waals surface area (Å²) in [5.41, 5.74) is 3.49. The molecule has 1 aliphatic heterocycles. The van der Waals surface area contributed by atoms with Crippen molar-refractivity contribution in [3.8, 4) is 0 Å². The zero-order valence-electron chi connectivity index (χ0n) is 10.4. The fraction of sp³-hybridized carbons (Fsp3) is 0.200. The van der Waals surface area contributed by atoms with E-state index in [4.69, 9.17) is 23.2 Å². The quantitative estimate of drug-likeness (QED) is 0.743. The summed E-state index contributed by atoms with van der Waals surface area (Å²) in [6.07, 6.45) is 2.99. The molecular formula is C15H13Cl2NS. The van der Waals surface area contributed by atoms with Crippen LogP contribution in [0.15, 0.2) is 41.3 Å². The van der Waals surface area contributed by atoms with Gasteiger partial charge in [-0.2, -0.15) is 0 Å². The Labute approximate surface area is 127 Å². The van der Waals surface area contributed by atoms with Crippen molar-refractivity contribution in [3.05, 3.63) is 57.6 Å². The van der Waals surface area contributed by atoms with Crippen LogP contribution >= 0.6 is 35.0 Å². The standard InChI is InChI=1S/C15H13Cl2NS/c1-19-11-4-2-9(3-5-11)14-8-12-13(17)6-10(16)7-15(12)18-14/h2-7,14,18H,8H2,1H3. The van der Waals surface area contributed by atoms with Gasteiger partial charge in [-0.15, -0.1) is 11.8 Å². The number of rotatable bonds is 2. The van der Waals surface area contributed by atoms with Crippen LogP contribution in [0.3, 0.4) is 0 Å². The van der Waals surface area contributed by atoms with Crippen LogP contribution in [0.5, 0.6) is 0 Å². The molecule has 1 heterocycles. The molecular weight excluding hydrogens is 297 g/mol. The van der Waals surface area contributed by atoms with Crippen molar-refractivity contribution in [1.82, 2.24) is 0 Å². The van der Waals surface area contributed by atoms with E-state index in [1.807, 2.05) is 12.1 Å². The minimum Gasteiger partial charge on any atom is -0.378 e. The lowest BCUT2D eigenvalue weighted by molar-refractivity contribution is 0.823. The highest BCUT2D eigenvalue weighted by Crippen LogP contribution is 2.40. The average Bonchev–Trinajstić information content (AvgIpc) is 2.83. The van der Waals surface area contributed by atoms with Gasteiger partial charge in [0.2, 0.25) is 0 Å². The van der Waals surface area contributed by atoms with Crippen molar-refractivity contribution in [2.45, 2.75) is 17.4 Å². The molecule has 4 heteroatoms. The first-order chi connectivity index (χ1) is 9.17. The summed E-state index contributed by atoms with van der Waals surface area (Å²) in [6, 6.07) is 12.7. The topological polar surface area (TPSA) is 12.0 Å². The lowest BCUT2D eigenvalue weighted by Crippen LogP contribution is -2.05. The van der Waals surface area contributed by atoms with E-state index in [1.54, 1.807) is 11.8 Å². The molecule has 0 aromatic heterocycles. The molecule has 0 saturated heterocycles. The first kappa shape index (κ1) is 13.2. The van der Waals surface area contributed by atoms with Gasteiger partial charge in [0.25, 0.3) is 0 Å². The van der Waals surface area contributed by atoms with E-state index in [0.717, 1.165) is 22.7 Å². The Morgan fingerprint density at radius 3 is 2.58 bits per heavy atom. The Balaban J connectivity index is 1.88. The Morgan fingerprint density at radius 1 is 1.16 bits per heavy atom. The second-order valence-electron chi connectivity index (χ2n) is 4.59. The molecule has 98 valence electrons. The predicted octanol–water partition coefficient (Wildman–Crippen LogP) is 5.42. The molecule has 1 atom stereocenters. The zero-order chi connectivity index (χ0) is 13.4. The normalized spacial score (nSPS) is 17.1. The van der Waals surface area contributed by atoms with E-state index in [9.17, 15) is 0 Å². The third-order valence-electron chi connectivity index (χ3n) is 3.42. The largest absolute Gasteiger partial charge is 0.378 e. The van der Waals surface area contributed by atoms with Gasteiger partial charge in [0.05, 0.1) is 6.04 Å². The van der Waals surface area contributed by atoms with E-state index in [-0.39, 0.29) is 6.04 Å². The Hall–Kier alpha value is -0.830. The van der Waals surface area contributed by atoms with Gasteiger partial charge in [-0.25, -0.2) is 0 Å². The number of halogens is 2. The molecule has 19 heavy (non-hydrogen) atoms. The molecule has 0 aliphatic carbocycles. The van der Waals surface area contributed by atoms with E-state index in [0.29, 0.717) is 5.02 Å². The number of benzene rings is 2. The number of hydrogen-bond acceptors (Lipinski definition) is 2. The molecule has 1 unspecified atom stereocenters. The van der Waals surface area contributed by atoms with Crippen molar-refractivity contribution in [2.24, 2.45) is 0 Å². The van der Waals surface area contributed by atoms with Crippen LogP contribution in [0.4, 0.5) is 5.69 Å². The van der Waals surface area contributed by atoms with E-state index < -0.39 is 0 Å². The first-order valence-electron chi connectivity index (χ1n) is 6.06. The Morgan fingerprint density at radius 2 is 1.89 bits per heavy atom. The van der Waals surface area contributed by atoms with Crippen LogP contribution in [0.2, 0.25) is 10.0 Å². The molecule has 2 aromatic rings. The van der Waals surface area contributed by atoms with Gasteiger partial charge in [-0.05, 0) is 41.6 Å². The maximum absolute atomic E-state index is 6.25. The number of nitrogens with one attached hydrogen (secondary N) is 1. The first-order valence-corrected chi connectivity index (χ1v) is 8.04. The van der Waals surface area contributed by atoms with Gasteiger partial charge >= 0.3 is 0 Å². The summed E-state index contributed by atoms with van der Waals surface area (Å²) in [5, 5.41) is 4.92. The smallest absolute Gasteiger partial charge is 0.0555 e. The molecule has 1 nitrogen and oxygen atoms in total. The molecule has 3 rings (SSSR count). The molecule has 0 saturated carbocycles. The predicted molar refractivity (Wildman–Crippen MR) is 84.8 cm³/mol. The van der Waals surface area contributed by atoms with Crippen LogP contribution in [-0.2, 0) is 6.42 Å². The Kier molecular flexibility index (Phi) is 3.66. The van der Waals surface area contributed by atoms with Crippen molar-refractivity contribution in [1.29, 1.82) is 0 Å². The van der Waals surface area contributed by atoms with Gasteiger partial charge in [-0.1, -0.05) is 35.3 Å². The molecule has 0 spiro atoms. The number of fused-ring (bicyclic) bond motifs is 1. The van der Waals surface area contributed by atoms with Crippen LogP contribution in [0, 0.1) is 0 Å². The zero-order valence-corrected chi connectivity index (χ0v) is 12.7. The molecule has 0 radical (unpaired) electrons. The summed E-state index contributed by atoms with van der Waals surface area (Å²) in [7, 11) is 0. The van der Waals surface area contributed by atoms with Crippen LogP contribution in [-0.4, -0.2) is 6.26 Å². The van der Waals surface area contributed by atoms with Gasteiger partial charge in [0.15, 0.2) is 0 Å². The maximum atomic E-state index is 6.25. The summed E-state index contributed by atoms with van der Waals surface area (Å²) in [6.45, 7) is 0. The maximum Gasteiger partial charge on any atom is 0.0555 e. The van der Waals surface area contributed by atoms with Crippen LogP contribution < -0.4 is 5.32 Å². The van der Waals surface area contributed by atoms with Crippen molar-refractivity contribution < 1.29 is 0 Å². The molecule has 1 aliphatic rings.